The van der Waals surface area contributed by atoms with Gasteiger partial charge in [-0.25, -0.2) is 14.2 Å². The molecular formula is C19H21FN4O2S. The minimum Gasteiger partial charge on any atom is -0.324 e. The van der Waals surface area contributed by atoms with E-state index in [1.54, 1.807) is 17.0 Å². The van der Waals surface area contributed by atoms with Gasteiger partial charge in [0.15, 0.2) is 5.13 Å². The van der Waals surface area contributed by atoms with Gasteiger partial charge < -0.3 is 15.5 Å². The lowest BCUT2D eigenvalue weighted by atomic mass is 9.97. The highest BCUT2D eigenvalue weighted by atomic mass is 32.1. The lowest BCUT2D eigenvalue weighted by Gasteiger charge is -2.31. The number of aromatic nitrogens is 1. The van der Waals surface area contributed by atoms with Crippen molar-refractivity contribution in [3.05, 3.63) is 41.2 Å². The summed E-state index contributed by atoms with van der Waals surface area (Å²) in [4.78, 5) is 31.1. The smallest absolute Gasteiger partial charge is 0.321 e. The average molecular weight is 388 g/mol. The first-order chi connectivity index (χ1) is 13.1. The summed E-state index contributed by atoms with van der Waals surface area (Å²) in [6, 6.07) is 5.66. The molecule has 0 radical (unpaired) electrons. The summed E-state index contributed by atoms with van der Waals surface area (Å²) in [5.74, 6) is -0.333. The lowest BCUT2D eigenvalue weighted by molar-refractivity contribution is -0.121. The second kappa shape index (κ2) is 7.64. The highest BCUT2D eigenvalue weighted by Gasteiger charge is 2.30. The molecule has 3 amide bonds. The summed E-state index contributed by atoms with van der Waals surface area (Å²) in [6.07, 6.45) is 3.79. The van der Waals surface area contributed by atoms with Gasteiger partial charge in [0.1, 0.15) is 5.82 Å². The van der Waals surface area contributed by atoms with Crippen LogP contribution in [0.4, 0.5) is 20.0 Å². The zero-order chi connectivity index (χ0) is 18.8. The third-order valence-electron chi connectivity index (χ3n) is 4.94. The van der Waals surface area contributed by atoms with E-state index in [4.69, 9.17) is 0 Å². The third kappa shape index (κ3) is 4.27. The lowest BCUT2D eigenvalue weighted by Crippen LogP contribution is -2.45. The van der Waals surface area contributed by atoms with Crippen LogP contribution in [0.3, 0.4) is 0 Å². The maximum absolute atomic E-state index is 13.7. The van der Waals surface area contributed by atoms with Crippen molar-refractivity contribution in [1.82, 2.24) is 9.88 Å². The molecule has 1 aromatic carbocycles. The number of piperidine rings is 1. The van der Waals surface area contributed by atoms with Gasteiger partial charge in [-0.05, 0) is 37.8 Å². The van der Waals surface area contributed by atoms with E-state index < -0.39 is 5.82 Å². The number of nitrogens with zero attached hydrogens (tertiary/aromatic N) is 2. The van der Waals surface area contributed by atoms with Crippen LogP contribution < -0.4 is 10.6 Å². The molecule has 1 aliphatic heterocycles. The van der Waals surface area contributed by atoms with E-state index in [1.165, 1.54) is 36.3 Å². The Labute approximate surface area is 160 Å². The number of carbonyl (C=O) groups is 2. The molecule has 2 aromatic rings. The fourth-order valence-electron chi connectivity index (χ4n) is 3.25. The number of likely N-dealkylation sites (tertiary alicyclic amines) is 1. The summed E-state index contributed by atoms with van der Waals surface area (Å²) < 4.78 is 13.7. The second-order valence-electron chi connectivity index (χ2n) is 7.04. The monoisotopic (exact) mass is 388 g/mol. The number of benzene rings is 1. The number of rotatable bonds is 4. The molecule has 4 rings (SSSR count). The zero-order valence-corrected chi connectivity index (χ0v) is 15.6. The van der Waals surface area contributed by atoms with Crippen LogP contribution in [0.15, 0.2) is 29.6 Å². The van der Waals surface area contributed by atoms with Crippen molar-refractivity contribution in [2.24, 2.45) is 5.92 Å². The van der Waals surface area contributed by atoms with Crippen LogP contribution in [0.2, 0.25) is 0 Å². The van der Waals surface area contributed by atoms with Crippen LogP contribution in [0, 0.1) is 11.7 Å². The molecule has 6 nitrogen and oxygen atoms in total. The Bertz CT molecular complexity index is 852. The summed E-state index contributed by atoms with van der Waals surface area (Å²) in [7, 11) is 0. The topological polar surface area (TPSA) is 74.3 Å². The predicted octanol–water partition coefficient (Wildman–Crippen LogP) is 4.04. The summed E-state index contributed by atoms with van der Waals surface area (Å²) in [5.41, 5.74) is 1.20. The Morgan fingerprint density at radius 1 is 1.19 bits per heavy atom. The molecule has 2 heterocycles. The molecule has 2 aliphatic rings. The Morgan fingerprint density at radius 2 is 2.00 bits per heavy atom. The van der Waals surface area contributed by atoms with E-state index in [9.17, 15) is 14.0 Å². The quantitative estimate of drug-likeness (QED) is 0.830. The SMILES string of the molecule is O=C(Nc1nc(C2CC2)cs1)[C@@H]1CCCN(C(=O)Nc2ccccc2F)C1. The number of thiazole rings is 1. The minimum atomic E-state index is -0.479. The predicted molar refractivity (Wildman–Crippen MR) is 102 cm³/mol. The van der Waals surface area contributed by atoms with Gasteiger partial charge in [0, 0.05) is 24.4 Å². The van der Waals surface area contributed by atoms with E-state index in [-0.39, 0.29) is 23.5 Å². The molecule has 2 fully saturated rings. The number of hydrogen-bond acceptors (Lipinski definition) is 4. The first-order valence-corrected chi connectivity index (χ1v) is 10.0. The molecule has 8 heteroatoms. The molecule has 1 saturated heterocycles. The van der Waals surface area contributed by atoms with E-state index in [0.717, 1.165) is 18.5 Å². The molecule has 2 N–H and O–H groups in total. The first-order valence-electron chi connectivity index (χ1n) is 9.17. The highest BCUT2D eigenvalue weighted by molar-refractivity contribution is 7.13. The van der Waals surface area contributed by atoms with Gasteiger partial charge in [0.25, 0.3) is 0 Å². The molecule has 0 bridgehead atoms. The average Bonchev–Trinajstić information content (AvgIpc) is 3.43. The number of para-hydroxylation sites is 1. The fourth-order valence-corrected chi connectivity index (χ4v) is 4.05. The number of anilines is 2. The highest BCUT2D eigenvalue weighted by Crippen LogP contribution is 2.41. The second-order valence-corrected chi connectivity index (χ2v) is 7.89. The third-order valence-corrected chi connectivity index (χ3v) is 5.72. The van der Waals surface area contributed by atoms with Crippen LogP contribution in [0.25, 0.3) is 0 Å². The standard InChI is InChI=1S/C19H21FN4O2S/c20-14-5-1-2-6-15(14)22-19(26)24-9-3-4-13(10-24)17(25)23-18-21-16(11-27-18)12-7-8-12/h1-2,5-6,11-13H,3-4,7-10H2,(H,22,26)(H,21,23,25)/t13-/m1/s1. The van der Waals surface area contributed by atoms with E-state index in [0.29, 0.717) is 24.1 Å². The minimum absolute atomic E-state index is 0.116. The molecule has 27 heavy (non-hydrogen) atoms. The number of nitrogens with one attached hydrogen (secondary N) is 2. The number of carbonyl (C=O) groups excluding carboxylic acids is 2. The number of halogens is 1. The van der Waals surface area contributed by atoms with Crippen molar-refractivity contribution in [1.29, 1.82) is 0 Å². The van der Waals surface area contributed by atoms with Crippen LogP contribution in [0.1, 0.15) is 37.3 Å². The molecular weight excluding hydrogens is 367 g/mol. The maximum atomic E-state index is 13.7. The zero-order valence-electron chi connectivity index (χ0n) is 14.8. The normalized spacial score (nSPS) is 19.6. The van der Waals surface area contributed by atoms with Gasteiger partial charge in [0.05, 0.1) is 17.3 Å². The van der Waals surface area contributed by atoms with Gasteiger partial charge in [0.2, 0.25) is 5.91 Å². The Morgan fingerprint density at radius 3 is 2.78 bits per heavy atom. The Kier molecular flexibility index (Phi) is 5.07. The van der Waals surface area contributed by atoms with Crippen molar-refractivity contribution in [2.75, 3.05) is 23.7 Å². The van der Waals surface area contributed by atoms with E-state index in [2.05, 4.69) is 15.6 Å². The number of urea groups is 1. The van der Waals surface area contributed by atoms with Crippen molar-refractivity contribution >= 4 is 34.1 Å². The van der Waals surface area contributed by atoms with E-state index >= 15 is 0 Å². The first kappa shape index (κ1) is 17.9. The van der Waals surface area contributed by atoms with Crippen LogP contribution in [0.5, 0.6) is 0 Å². The van der Waals surface area contributed by atoms with Crippen LogP contribution in [-0.2, 0) is 4.79 Å². The summed E-state index contributed by atoms with van der Waals surface area (Å²) in [5, 5.41) is 8.09. The fraction of sp³-hybridized carbons (Fsp3) is 0.421. The van der Waals surface area contributed by atoms with Crippen LogP contribution >= 0.6 is 11.3 Å². The van der Waals surface area contributed by atoms with Crippen LogP contribution in [-0.4, -0.2) is 34.9 Å². The number of hydrogen-bond donors (Lipinski definition) is 2. The van der Waals surface area contributed by atoms with E-state index in [1.807, 2.05) is 5.38 Å². The van der Waals surface area contributed by atoms with Gasteiger partial charge >= 0.3 is 6.03 Å². The molecule has 1 aromatic heterocycles. The molecule has 142 valence electrons. The van der Waals surface area contributed by atoms with Crippen molar-refractivity contribution in [3.8, 4) is 0 Å². The van der Waals surface area contributed by atoms with Crippen molar-refractivity contribution in [3.63, 3.8) is 0 Å². The molecule has 1 saturated carbocycles. The Hall–Kier alpha value is -2.48. The summed E-state index contributed by atoms with van der Waals surface area (Å²) in [6.45, 7) is 0.861. The van der Waals surface area contributed by atoms with Crippen molar-refractivity contribution < 1.29 is 14.0 Å². The summed E-state index contributed by atoms with van der Waals surface area (Å²) >= 11 is 1.44. The maximum Gasteiger partial charge on any atom is 0.321 e. The van der Waals surface area contributed by atoms with Gasteiger partial charge in [-0.3, -0.25) is 4.79 Å². The van der Waals surface area contributed by atoms with Gasteiger partial charge in [-0.15, -0.1) is 11.3 Å². The molecule has 1 aliphatic carbocycles. The van der Waals surface area contributed by atoms with Gasteiger partial charge in [-0.2, -0.15) is 0 Å². The number of amides is 3. The molecule has 1 atom stereocenters. The molecule has 0 spiro atoms. The van der Waals surface area contributed by atoms with Gasteiger partial charge in [-0.1, -0.05) is 12.1 Å². The largest absolute Gasteiger partial charge is 0.324 e. The molecule has 0 unspecified atom stereocenters. The van der Waals surface area contributed by atoms with Crippen molar-refractivity contribution in [2.45, 2.75) is 31.6 Å². The Balaban J connectivity index is 1.34.